The minimum absolute atomic E-state index is 0.496. The SMILES string of the molecule is COc1cc(C)cc2c1C(=C1C=CC(OC3OC(CO)C(O)C(O)C3O)C=C1)N1CCCCN21. The molecule has 1 aliphatic carbocycles. The van der Waals surface area contributed by atoms with Gasteiger partial charge in [-0.2, -0.15) is 0 Å². The number of aryl methyl sites for hydroxylation is 1. The normalized spacial score (nSPS) is 32.8. The zero-order valence-electron chi connectivity index (χ0n) is 19.4. The quantitative estimate of drug-likeness (QED) is 0.506. The number of benzene rings is 1. The van der Waals surface area contributed by atoms with Gasteiger partial charge in [0.1, 0.15) is 30.2 Å². The summed E-state index contributed by atoms with van der Waals surface area (Å²) in [5.74, 6) is 0.841. The molecule has 5 unspecified atom stereocenters. The van der Waals surface area contributed by atoms with Crippen LogP contribution in [0, 0.1) is 6.92 Å². The first-order chi connectivity index (χ1) is 16.4. The molecule has 1 aromatic carbocycles. The van der Waals surface area contributed by atoms with E-state index in [9.17, 15) is 20.4 Å². The molecule has 0 bridgehead atoms. The molecule has 9 heteroatoms. The molecule has 3 aliphatic heterocycles. The largest absolute Gasteiger partial charge is 0.496 e. The van der Waals surface area contributed by atoms with Crippen LogP contribution in [0.1, 0.15) is 24.0 Å². The number of allylic oxidation sites excluding steroid dienone is 3. The van der Waals surface area contributed by atoms with Crippen LogP contribution in [-0.2, 0) is 9.47 Å². The first kappa shape index (κ1) is 23.3. The Labute approximate surface area is 198 Å². The second kappa shape index (κ2) is 9.33. The molecule has 0 aromatic heterocycles. The third kappa shape index (κ3) is 3.92. The zero-order valence-corrected chi connectivity index (χ0v) is 19.4. The number of aliphatic hydroxyl groups is 4. The summed E-state index contributed by atoms with van der Waals surface area (Å²) in [6, 6.07) is 4.26. The molecule has 0 spiro atoms. The number of nitrogens with zero attached hydrogens (tertiary/aromatic N) is 2. The van der Waals surface area contributed by atoms with Gasteiger partial charge >= 0.3 is 0 Å². The molecule has 3 heterocycles. The highest BCUT2D eigenvalue weighted by Gasteiger charge is 2.44. The van der Waals surface area contributed by atoms with Crippen LogP contribution in [0.3, 0.4) is 0 Å². The maximum Gasteiger partial charge on any atom is 0.187 e. The van der Waals surface area contributed by atoms with Crippen LogP contribution < -0.4 is 9.75 Å². The molecule has 0 radical (unpaired) electrons. The summed E-state index contributed by atoms with van der Waals surface area (Å²) >= 11 is 0. The lowest BCUT2D eigenvalue weighted by Crippen LogP contribution is -2.59. The molecule has 9 nitrogen and oxygen atoms in total. The molecular formula is C25H32N2O7. The fourth-order valence-corrected chi connectivity index (χ4v) is 5.11. The molecule has 4 aliphatic rings. The molecule has 2 saturated heterocycles. The predicted octanol–water partition coefficient (Wildman–Crippen LogP) is 0.857. The second-order valence-corrected chi connectivity index (χ2v) is 9.13. The van der Waals surface area contributed by atoms with Crippen molar-refractivity contribution in [2.45, 2.75) is 56.6 Å². The van der Waals surface area contributed by atoms with E-state index in [1.165, 1.54) is 0 Å². The van der Waals surface area contributed by atoms with E-state index in [0.29, 0.717) is 0 Å². The van der Waals surface area contributed by atoms with Crippen molar-refractivity contribution >= 4 is 11.4 Å². The maximum absolute atomic E-state index is 10.3. The van der Waals surface area contributed by atoms with Gasteiger partial charge in [0.25, 0.3) is 0 Å². The summed E-state index contributed by atoms with van der Waals surface area (Å²) in [5.41, 5.74) is 5.48. The van der Waals surface area contributed by atoms with E-state index in [0.717, 1.165) is 59.8 Å². The van der Waals surface area contributed by atoms with Gasteiger partial charge in [-0.15, -0.1) is 0 Å². The van der Waals surface area contributed by atoms with Gasteiger partial charge in [-0.1, -0.05) is 24.3 Å². The number of rotatable bonds is 4. The van der Waals surface area contributed by atoms with Gasteiger partial charge < -0.3 is 34.6 Å². The average Bonchev–Trinajstić information content (AvgIpc) is 3.18. The van der Waals surface area contributed by atoms with Crippen LogP contribution in [0.2, 0.25) is 0 Å². The molecule has 34 heavy (non-hydrogen) atoms. The van der Waals surface area contributed by atoms with Gasteiger partial charge in [0, 0.05) is 18.7 Å². The number of ether oxygens (including phenoxy) is 3. The number of aliphatic hydroxyl groups excluding tert-OH is 4. The topological polar surface area (TPSA) is 115 Å². The number of hydrazine groups is 1. The van der Waals surface area contributed by atoms with Crippen molar-refractivity contribution < 1.29 is 34.6 Å². The van der Waals surface area contributed by atoms with Crippen molar-refractivity contribution in [3.8, 4) is 5.75 Å². The number of fused-ring (bicyclic) bond motifs is 3. The van der Waals surface area contributed by atoms with E-state index < -0.39 is 43.4 Å². The lowest BCUT2D eigenvalue weighted by Gasteiger charge is -2.40. The number of methoxy groups -OCH3 is 1. The van der Waals surface area contributed by atoms with Crippen LogP contribution in [0.5, 0.6) is 5.75 Å². The summed E-state index contributed by atoms with van der Waals surface area (Å²) in [7, 11) is 1.70. The van der Waals surface area contributed by atoms with Gasteiger partial charge in [-0.05, 0) is 37.5 Å². The van der Waals surface area contributed by atoms with Gasteiger partial charge in [-0.3, -0.25) is 10.0 Å². The summed E-state index contributed by atoms with van der Waals surface area (Å²) in [6.45, 7) is 3.45. The number of hydrogen-bond donors (Lipinski definition) is 4. The smallest absolute Gasteiger partial charge is 0.187 e. The van der Waals surface area contributed by atoms with Crippen molar-refractivity contribution in [1.82, 2.24) is 5.01 Å². The number of hydrogen-bond acceptors (Lipinski definition) is 9. The third-order valence-corrected chi connectivity index (χ3v) is 6.84. The fraction of sp³-hybridized carbons (Fsp3) is 0.520. The fourth-order valence-electron chi connectivity index (χ4n) is 5.11. The number of anilines is 1. The van der Waals surface area contributed by atoms with Crippen molar-refractivity contribution in [2.24, 2.45) is 0 Å². The minimum atomic E-state index is -1.47. The molecule has 5 rings (SSSR count). The molecule has 0 amide bonds. The monoisotopic (exact) mass is 472 g/mol. The van der Waals surface area contributed by atoms with E-state index in [1.54, 1.807) is 7.11 Å². The second-order valence-electron chi connectivity index (χ2n) is 9.13. The maximum atomic E-state index is 10.3. The van der Waals surface area contributed by atoms with E-state index in [4.69, 9.17) is 14.2 Å². The highest BCUT2D eigenvalue weighted by atomic mass is 16.7. The van der Waals surface area contributed by atoms with Crippen LogP contribution in [-0.4, -0.2) is 89.1 Å². The highest BCUT2D eigenvalue weighted by Crippen LogP contribution is 2.48. The van der Waals surface area contributed by atoms with Crippen molar-refractivity contribution in [3.63, 3.8) is 0 Å². The standard InChI is InChI=1S/C25H32N2O7/c1-14-11-17-20(18(12-14)32-2)21(27-10-4-3-9-26(17)27)15-5-7-16(8-6-15)33-25-24(31)23(30)22(29)19(13-28)34-25/h5-8,11-12,16,19,22-25,28-31H,3-4,9-10,13H2,1-2H3. The summed E-state index contributed by atoms with van der Waals surface area (Å²) < 4.78 is 17.1. The Balaban J connectivity index is 1.42. The van der Waals surface area contributed by atoms with Gasteiger partial charge in [0.2, 0.25) is 0 Å². The van der Waals surface area contributed by atoms with Crippen molar-refractivity contribution in [2.75, 3.05) is 31.8 Å². The molecular weight excluding hydrogens is 440 g/mol. The van der Waals surface area contributed by atoms with Gasteiger partial charge in [0.05, 0.1) is 36.8 Å². The van der Waals surface area contributed by atoms with E-state index in [2.05, 4.69) is 29.1 Å². The van der Waals surface area contributed by atoms with Crippen LogP contribution in [0.25, 0.3) is 5.70 Å². The van der Waals surface area contributed by atoms with E-state index in [1.807, 2.05) is 24.3 Å². The van der Waals surface area contributed by atoms with E-state index in [-0.39, 0.29) is 0 Å². The zero-order chi connectivity index (χ0) is 24.0. The minimum Gasteiger partial charge on any atom is -0.496 e. The lowest BCUT2D eigenvalue weighted by molar-refractivity contribution is -0.304. The first-order valence-corrected chi connectivity index (χ1v) is 11.7. The van der Waals surface area contributed by atoms with Crippen LogP contribution >= 0.6 is 0 Å². The van der Waals surface area contributed by atoms with Crippen molar-refractivity contribution in [3.05, 3.63) is 53.1 Å². The molecule has 4 N–H and O–H groups in total. The molecule has 5 atom stereocenters. The Hall–Kier alpha value is -2.40. The van der Waals surface area contributed by atoms with Crippen LogP contribution in [0.4, 0.5) is 5.69 Å². The lowest BCUT2D eigenvalue weighted by atomic mass is 9.98. The third-order valence-electron chi connectivity index (χ3n) is 6.84. The summed E-state index contributed by atoms with van der Waals surface area (Å²) in [4.78, 5) is 0. The average molecular weight is 473 g/mol. The molecule has 0 saturated carbocycles. The Morgan fingerprint density at radius 3 is 2.38 bits per heavy atom. The van der Waals surface area contributed by atoms with Crippen LogP contribution in [0.15, 0.2) is 42.0 Å². The first-order valence-electron chi connectivity index (χ1n) is 11.7. The highest BCUT2D eigenvalue weighted by molar-refractivity contribution is 5.90. The Morgan fingerprint density at radius 2 is 1.71 bits per heavy atom. The van der Waals surface area contributed by atoms with Gasteiger partial charge in [0.15, 0.2) is 6.29 Å². The molecule has 1 aromatic rings. The predicted molar refractivity (Wildman–Crippen MR) is 125 cm³/mol. The summed E-state index contributed by atoms with van der Waals surface area (Å²) in [5, 5.41) is 44.3. The Bertz CT molecular complexity index is 1000. The summed E-state index contributed by atoms with van der Waals surface area (Å²) in [6.07, 6.45) is 2.89. The Kier molecular flexibility index (Phi) is 6.41. The van der Waals surface area contributed by atoms with E-state index >= 15 is 0 Å². The Morgan fingerprint density at radius 1 is 1.00 bits per heavy atom. The van der Waals surface area contributed by atoms with Crippen molar-refractivity contribution in [1.29, 1.82) is 0 Å². The van der Waals surface area contributed by atoms with Gasteiger partial charge in [-0.25, -0.2) is 0 Å². The molecule has 184 valence electrons. The molecule has 2 fully saturated rings.